The molecule has 0 radical (unpaired) electrons. The quantitative estimate of drug-likeness (QED) is 0.420. The Bertz CT molecular complexity index is 651. The molecule has 1 aliphatic rings. The Morgan fingerprint density at radius 3 is 2.19 bits per heavy atom. The van der Waals surface area contributed by atoms with Crippen LogP contribution in [0.3, 0.4) is 0 Å². The van der Waals surface area contributed by atoms with Crippen LogP contribution in [0.25, 0.3) is 0 Å². The molecular formula is C22H28O4S. The molecule has 0 aromatic heterocycles. The van der Waals surface area contributed by atoms with Gasteiger partial charge >= 0.3 is 0 Å². The van der Waals surface area contributed by atoms with E-state index in [1.54, 1.807) is 0 Å². The van der Waals surface area contributed by atoms with Gasteiger partial charge in [-0.1, -0.05) is 24.3 Å². The minimum atomic E-state index is -0.0943. The number of ether oxygens (including phenoxy) is 3. The highest BCUT2D eigenvalue weighted by molar-refractivity contribution is 7.93. The fourth-order valence-electron chi connectivity index (χ4n) is 2.97. The van der Waals surface area contributed by atoms with Crippen LogP contribution >= 0.6 is 12.0 Å². The minimum absolute atomic E-state index is 0.0943. The summed E-state index contributed by atoms with van der Waals surface area (Å²) in [5, 5.41) is 0. The molecule has 1 aliphatic heterocycles. The second-order valence-electron chi connectivity index (χ2n) is 6.54. The lowest BCUT2D eigenvalue weighted by molar-refractivity contribution is -0.105. The van der Waals surface area contributed by atoms with E-state index in [9.17, 15) is 0 Å². The van der Waals surface area contributed by atoms with Crippen molar-refractivity contribution >= 4 is 12.0 Å². The first-order valence-corrected chi connectivity index (χ1v) is 10.7. The molecule has 2 aromatic rings. The Morgan fingerprint density at radius 2 is 1.56 bits per heavy atom. The summed E-state index contributed by atoms with van der Waals surface area (Å²) in [6, 6.07) is 16.5. The van der Waals surface area contributed by atoms with Gasteiger partial charge in [0.1, 0.15) is 11.5 Å². The molecule has 3 rings (SSSR count). The zero-order chi connectivity index (χ0) is 18.7. The summed E-state index contributed by atoms with van der Waals surface area (Å²) in [4.78, 5) is 0. The zero-order valence-electron chi connectivity index (χ0n) is 15.9. The molecule has 1 atom stereocenters. The van der Waals surface area contributed by atoms with Crippen molar-refractivity contribution in [3.8, 4) is 11.5 Å². The summed E-state index contributed by atoms with van der Waals surface area (Å²) in [6.07, 6.45) is 6.90. The van der Waals surface area contributed by atoms with Gasteiger partial charge in [0.2, 0.25) is 0 Å². The molecule has 1 saturated heterocycles. The number of rotatable bonds is 10. The molecule has 2 aromatic carbocycles. The molecule has 0 bridgehead atoms. The summed E-state index contributed by atoms with van der Waals surface area (Å²) in [5.74, 6) is 1.77. The monoisotopic (exact) mass is 388 g/mol. The van der Waals surface area contributed by atoms with Crippen molar-refractivity contribution in [3.63, 3.8) is 0 Å². The average molecular weight is 389 g/mol. The van der Waals surface area contributed by atoms with Crippen LogP contribution in [0.5, 0.6) is 11.5 Å². The molecule has 1 unspecified atom stereocenters. The first-order chi connectivity index (χ1) is 13.3. The van der Waals surface area contributed by atoms with Crippen molar-refractivity contribution in [2.24, 2.45) is 0 Å². The molecular weight excluding hydrogens is 360 g/mol. The van der Waals surface area contributed by atoms with Gasteiger partial charge in [0.05, 0.1) is 19.8 Å². The van der Waals surface area contributed by atoms with E-state index in [1.807, 2.05) is 30.5 Å². The third-order valence-electron chi connectivity index (χ3n) is 4.50. The van der Waals surface area contributed by atoms with Gasteiger partial charge in [-0.3, -0.25) is 0 Å². The summed E-state index contributed by atoms with van der Waals surface area (Å²) >= 11 is 1.40. The minimum Gasteiger partial charge on any atom is -0.493 e. The third kappa shape index (κ3) is 7.09. The zero-order valence-corrected chi connectivity index (χ0v) is 16.7. The highest BCUT2D eigenvalue weighted by atomic mass is 32.2. The van der Waals surface area contributed by atoms with Crippen molar-refractivity contribution in [3.05, 3.63) is 59.7 Å². The summed E-state index contributed by atoms with van der Waals surface area (Å²) in [7, 11) is 0. The molecule has 0 N–H and O–H groups in total. The van der Waals surface area contributed by atoms with E-state index in [1.165, 1.54) is 29.6 Å². The van der Waals surface area contributed by atoms with E-state index in [0.29, 0.717) is 6.61 Å². The van der Waals surface area contributed by atoms with E-state index in [4.69, 9.17) is 18.4 Å². The van der Waals surface area contributed by atoms with Crippen LogP contribution in [0.1, 0.15) is 30.4 Å². The fraction of sp³-hybridized carbons (Fsp3) is 0.455. The number of hydrogen-bond donors (Lipinski definition) is 0. The first-order valence-electron chi connectivity index (χ1n) is 9.58. The van der Waals surface area contributed by atoms with Crippen LogP contribution in [-0.2, 0) is 21.8 Å². The normalized spacial score (nSPS) is 16.9. The van der Waals surface area contributed by atoms with Gasteiger partial charge in [0.25, 0.3) is 0 Å². The van der Waals surface area contributed by atoms with Crippen LogP contribution in [0.4, 0.5) is 0 Å². The fourth-order valence-corrected chi connectivity index (χ4v) is 3.22. The Morgan fingerprint density at radius 1 is 0.889 bits per heavy atom. The van der Waals surface area contributed by atoms with Crippen molar-refractivity contribution in [2.75, 3.05) is 26.1 Å². The maximum atomic E-state index is 5.87. The van der Waals surface area contributed by atoms with Crippen LogP contribution < -0.4 is 9.47 Å². The third-order valence-corrected chi connectivity index (χ3v) is 4.91. The van der Waals surface area contributed by atoms with Crippen LogP contribution in [-0.4, -0.2) is 32.4 Å². The lowest BCUT2D eigenvalue weighted by Gasteiger charge is -2.23. The highest BCUT2D eigenvalue weighted by Crippen LogP contribution is 2.20. The van der Waals surface area contributed by atoms with Crippen molar-refractivity contribution in [2.45, 2.75) is 38.4 Å². The van der Waals surface area contributed by atoms with Crippen LogP contribution in [0.15, 0.2) is 48.5 Å². The first kappa shape index (κ1) is 20.1. The second kappa shape index (κ2) is 11.2. The van der Waals surface area contributed by atoms with Crippen molar-refractivity contribution < 1.29 is 18.4 Å². The lowest BCUT2D eigenvalue weighted by atomic mass is 10.1. The van der Waals surface area contributed by atoms with E-state index >= 15 is 0 Å². The van der Waals surface area contributed by atoms with Crippen LogP contribution in [0.2, 0.25) is 0 Å². The SMILES string of the molecule is CSOCCc1ccc(OCCc2ccc(OC3CCCCO3)cc2)cc1. The molecule has 1 fully saturated rings. The molecule has 1 heterocycles. The van der Waals surface area contributed by atoms with E-state index in [-0.39, 0.29) is 6.29 Å². The topological polar surface area (TPSA) is 36.9 Å². The molecule has 5 heteroatoms. The molecule has 4 nitrogen and oxygen atoms in total. The lowest BCUT2D eigenvalue weighted by Crippen LogP contribution is -2.24. The van der Waals surface area contributed by atoms with Crippen LogP contribution in [0, 0.1) is 0 Å². The van der Waals surface area contributed by atoms with E-state index < -0.39 is 0 Å². The second-order valence-corrected chi connectivity index (χ2v) is 7.11. The molecule has 0 saturated carbocycles. The predicted octanol–water partition coefficient (Wildman–Crippen LogP) is 5.05. The maximum absolute atomic E-state index is 5.87. The van der Waals surface area contributed by atoms with Crippen molar-refractivity contribution in [1.82, 2.24) is 0 Å². The molecule has 0 spiro atoms. The maximum Gasteiger partial charge on any atom is 0.199 e. The standard InChI is InChI=1S/C22H28O4S/c1-27-25-17-14-19-5-9-20(10-6-19)23-16-13-18-7-11-21(12-8-18)26-22-4-2-3-15-24-22/h5-12,22H,2-4,13-17H2,1H3. The Hall–Kier alpha value is -1.69. The highest BCUT2D eigenvalue weighted by Gasteiger charge is 2.14. The predicted molar refractivity (Wildman–Crippen MR) is 109 cm³/mol. The molecule has 0 amide bonds. The molecule has 27 heavy (non-hydrogen) atoms. The van der Waals surface area contributed by atoms with Gasteiger partial charge in [-0.05, 0) is 66.7 Å². The van der Waals surface area contributed by atoms with Gasteiger partial charge in [0.15, 0.2) is 6.29 Å². The van der Waals surface area contributed by atoms with Crippen molar-refractivity contribution in [1.29, 1.82) is 0 Å². The van der Waals surface area contributed by atoms with E-state index in [2.05, 4.69) is 24.3 Å². The van der Waals surface area contributed by atoms with Gasteiger partial charge in [-0.15, -0.1) is 0 Å². The molecule has 0 aliphatic carbocycles. The average Bonchev–Trinajstić information content (AvgIpc) is 2.71. The van der Waals surface area contributed by atoms with Gasteiger partial charge in [-0.2, -0.15) is 0 Å². The summed E-state index contributed by atoms with van der Waals surface area (Å²) in [6.45, 7) is 2.18. The van der Waals surface area contributed by atoms with Gasteiger partial charge in [0, 0.05) is 19.1 Å². The summed E-state index contributed by atoms with van der Waals surface area (Å²) in [5.41, 5.74) is 2.49. The molecule has 146 valence electrons. The number of benzene rings is 2. The van der Waals surface area contributed by atoms with Gasteiger partial charge in [-0.25, -0.2) is 0 Å². The Labute approximate surface area is 166 Å². The smallest absolute Gasteiger partial charge is 0.199 e. The van der Waals surface area contributed by atoms with E-state index in [0.717, 1.165) is 50.4 Å². The Kier molecular flexibility index (Phi) is 8.33. The van der Waals surface area contributed by atoms with Gasteiger partial charge < -0.3 is 18.4 Å². The largest absolute Gasteiger partial charge is 0.493 e. The Balaban J connectivity index is 1.38. The summed E-state index contributed by atoms with van der Waals surface area (Å²) < 4.78 is 22.6. The number of hydrogen-bond acceptors (Lipinski definition) is 5.